The van der Waals surface area contributed by atoms with E-state index < -0.39 is 0 Å². The van der Waals surface area contributed by atoms with E-state index in [1.165, 1.54) is 24.4 Å². The van der Waals surface area contributed by atoms with E-state index in [9.17, 15) is 0 Å². The third kappa shape index (κ3) is 2.44. The quantitative estimate of drug-likeness (QED) is 0.829. The number of nitriles is 1. The highest BCUT2D eigenvalue weighted by atomic mass is 32.2. The van der Waals surface area contributed by atoms with Gasteiger partial charge in [0.15, 0.2) is 10.9 Å². The lowest BCUT2D eigenvalue weighted by atomic mass is 10.2. The molecule has 7 heteroatoms. The third-order valence-corrected chi connectivity index (χ3v) is 4.01. The molecule has 2 aromatic heterocycles. The van der Waals surface area contributed by atoms with Gasteiger partial charge in [-0.2, -0.15) is 5.26 Å². The molecule has 0 radical (unpaired) electrons. The van der Waals surface area contributed by atoms with Crippen molar-refractivity contribution in [1.29, 1.82) is 5.26 Å². The highest BCUT2D eigenvalue weighted by Crippen LogP contribution is 2.28. The van der Waals surface area contributed by atoms with Gasteiger partial charge < -0.3 is 4.57 Å². The van der Waals surface area contributed by atoms with Crippen molar-refractivity contribution in [2.45, 2.75) is 42.4 Å². The number of nitrogens with zero attached hydrogens (tertiary/aromatic N) is 6. The van der Waals surface area contributed by atoms with Crippen molar-refractivity contribution in [2.24, 2.45) is 0 Å². The first-order valence-corrected chi connectivity index (χ1v) is 7.01. The number of rotatable bonds is 2. The van der Waals surface area contributed by atoms with E-state index in [4.69, 9.17) is 5.26 Å². The molecule has 0 unspecified atom stereocenters. The van der Waals surface area contributed by atoms with E-state index in [1.807, 2.05) is 6.07 Å². The standard InChI is InChI=1S/C12H12N6S/c13-8-9-11(15-6-5-14-9)19-12-17-16-10-4-2-1-3-7-18(10)12/h5-6H,1-4,7H2. The Balaban J connectivity index is 1.92. The average molecular weight is 272 g/mol. The predicted molar refractivity (Wildman–Crippen MR) is 68.4 cm³/mol. The normalized spacial score (nSPS) is 14.5. The van der Waals surface area contributed by atoms with Crippen molar-refractivity contribution in [1.82, 2.24) is 24.7 Å². The van der Waals surface area contributed by atoms with E-state index in [0.717, 1.165) is 36.8 Å². The fourth-order valence-electron chi connectivity index (χ4n) is 2.10. The predicted octanol–water partition coefficient (Wildman–Crippen LogP) is 1.82. The first-order valence-electron chi connectivity index (χ1n) is 6.19. The summed E-state index contributed by atoms with van der Waals surface area (Å²) in [6.45, 7) is 0.937. The zero-order valence-electron chi connectivity index (χ0n) is 10.3. The van der Waals surface area contributed by atoms with Crippen LogP contribution in [0.5, 0.6) is 0 Å². The molecule has 0 N–H and O–H groups in total. The maximum atomic E-state index is 9.02. The average Bonchev–Trinajstić information content (AvgIpc) is 2.68. The van der Waals surface area contributed by atoms with Gasteiger partial charge in [-0.1, -0.05) is 6.42 Å². The molecular weight excluding hydrogens is 260 g/mol. The maximum Gasteiger partial charge on any atom is 0.197 e. The summed E-state index contributed by atoms with van der Waals surface area (Å²) in [7, 11) is 0. The first kappa shape index (κ1) is 12.1. The van der Waals surface area contributed by atoms with Crippen LogP contribution in [0.3, 0.4) is 0 Å². The number of aromatic nitrogens is 5. The number of hydrogen-bond acceptors (Lipinski definition) is 6. The van der Waals surface area contributed by atoms with Crippen molar-refractivity contribution in [2.75, 3.05) is 0 Å². The SMILES string of the molecule is N#Cc1nccnc1Sc1nnc2n1CCCCC2. The van der Waals surface area contributed by atoms with Crippen molar-refractivity contribution in [3.63, 3.8) is 0 Å². The molecule has 1 aliphatic rings. The van der Waals surface area contributed by atoms with Crippen LogP contribution in [0.1, 0.15) is 30.8 Å². The lowest BCUT2D eigenvalue weighted by Gasteiger charge is -2.05. The molecule has 96 valence electrons. The highest BCUT2D eigenvalue weighted by Gasteiger charge is 2.17. The van der Waals surface area contributed by atoms with Crippen LogP contribution in [0.15, 0.2) is 22.6 Å². The molecule has 0 atom stereocenters. The van der Waals surface area contributed by atoms with Crippen LogP contribution in [0.4, 0.5) is 0 Å². The number of aryl methyl sites for hydroxylation is 1. The van der Waals surface area contributed by atoms with Gasteiger partial charge in [0.25, 0.3) is 0 Å². The molecule has 0 saturated heterocycles. The van der Waals surface area contributed by atoms with Crippen LogP contribution in [0.25, 0.3) is 0 Å². The van der Waals surface area contributed by atoms with Gasteiger partial charge in [0.05, 0.1) is 0 Å². The Kier molecular flexibility index (Phi) is 3.42. The van der Waals surface area contributed by atoms with Gasteiger partial charge in [0.1, 0.15) is 16.9 Å². The molecule has 3 rings (SSSR count). The van der Waals surface area contributed by atoms with Gasteiger partial charge in [-0.25, -0.2) is 9.97 Å². The molecule has 19 heavy (non-hydrogen) atoms. The van der Waals surface area contributed by atoms with E-state index in [0.29, 0.717) is 10.7 Å². The zero-order valence-corrected chi connectivity index (χ0v) is 11.1. The second kappa shape index (κ2) is 5.36. The minimum absolute atomic E-state index is 0.332. The molecule has 1 aliphatic heterocycles. The molecule has 0 amide bonds. The molecule has 0 aromatic carbocycles. The van der Waals surface area contributed by atoms with Crippen LogP contribution in [0.2, 0.25) is 0 Å². The van der Waals surface area contributed by atoms with E-state index >= 15 is 0 Å². The number of hydrogen-bond donors (Lipinski definition) is 0. The van der Waals surface area contributed by atoms with Gasteiger partial charge in [0, 0.05) is 25.4 Å². The molecule has 0 spiro atoms. The van der Waals surface area contributed by atoms with Crippen molar-refractivity contribution >= 4 is 11.8 Å². The van der Waals surface area contributed by atoms with Gasteiger partial charge in [-0.05, 0) is 24.6 Å². The summed E-state index contributed by atoms with van der Waals surface area (Å²) in [5.41, 5.74) is 0.332. The van der Waals surface area contributed by atoms with Crippen molar-refractivity contribution in [3.8, 4) is 6.07 Å². The molecule has 3 heterocycles. The summed E-state index contributed by atoms with van der Waals surface area (Å²) >= 11 is 1.36. The van der Waals surface area contributed by atoms with Crippen molar-refractivity contribution < 1.29 is 0 Å². The molecule has 6 nitrogen and oxygen atoms in total. The molecule has 0 aliphatic carbocycles. The molecule has 0 bridgehead atoms. The molecule has 0 saturated carbocycles. The Morgan fingerprint density at radius 1 is 1.16 bits per heavy atom. The Labute approximate surface area is 114 Å². The highest BCUT2D eigenvalue weighted by molar-refractivity contribution is 7.99. The monoisotopic (exact) mass is 272 g/mol. The van der Waals surface area contributed by atoms with Gasteiger partial charge in [-0.3, -0.25) is 0 Å². The van der Waals surface area contributed by atoms with Crippen LogP contribution in [0, 0.1) is 11.3 Å². The summed E-state index contributed by atoms with van der Waals surface area (Å²) in [4.78, 5) is 8.20. The smallest absolute Gasteiger partial charge is 0.197 e. The summed E-state index contributed by atoms with van der Waals surface area (Å²) in [5.74, 6) is 1.03. The largest absolute Gasteiger partial charge is 0.306 e. The lowest BCUT2D eigenvalue weighted by molar-refractivity contribution is 0.590. The summed E-state index contributed by atoms with van der Waals surface area (Å²) in [6.07, 6.45) is 7.61. The number of fused-ring (bicyclic) bond motifs is 1. The van der Waals surface area contributed by atoms with Gasteiger partial charge in [0.2, 0.25) is 0 Å². The lowest BCUT2D eigenvalue weighted by Crippen LogP contribution is -2.02. The van der Waals surface area contributed by atoms with Crippen LogP contribution < -0.4 is 0 Å². The van der Waals surface area contributed by atoms with Crippen LogP contribution >= 0.6 is 11.8 Å². The minimum Gasteiger partial charge on any atom is -0.306 e. The summed E-state index contributed by atoms with van der Waals surface area (Å²) < 4.78 is 2.13. The van der Waals surface area contributed by atoms with Crippen LogP contribution in [-0.4, -0.2) is 24.7 Å². The second-order valence-electron chi connectivity index (χ2n) is 4.29. The van der Waals surface area contributed by atoms with Gasteiger partial charge >= 0.3 is 0 Å². The molecule has 2 aromatic rings. The van der Waals surface area contributed by atoms with E-state index in [-0.39, 0.29) is 0 Å². The Morgan fingerprint density at radius 3 is 2.95 bits per heavy atom. The second-order valence-corrected chi connectivity index (χ2v) is 5.24. The van der Waals surface area contributed by atoms with E-state index in [2.05, 4.69) is 24.7 Å². The van der Waals surface area contributed by atoms with Crippen LogP contribution in [-0.2, 0) is 13.0 Å². The molecular formula is C12H12N6S. The van der Waals surface area contributed by atoms with Crippen molar-refractivity contribution in [3.05, 3.63) is 23.9 Å². The Morgan fingerprint density at radius 2 is 2.05 bits per heavy atom. The maximum absolute atomic E-state index is 9.02. The van der Waals surface area contributed by atoms with E-state index in [1.54, 1.807) is 6.20 Å². The fraction of sp³-hybridized carbons (Fsp3) is 0.417. The Hall–Kier alpha value is -1.94. The third-order valence-electron chi connectivity index (χ3n) is 3.03. The minimum atomic E-state index is 0.332. The van der Waals surface area contributed by atoms with Gasteiger partial charge in [-0.15, -0.1) is 10.2 Å². The summed E-state index contributed by atoms with van der Waals surface area (Å²) in [6, 6.07) is 2.05. The Bertz CT molecular complexity index is 629. The first-order chi connectivity index (χ1) is 9.38. The summed E-state index contributed by atoms with van der Waals surface area (Å²) in [5, 5.41) is 18.8. The fourth-order valence-corrected chi connectivity index (χ4v) is 2.97. The zero-order chi connectivity index (χ0) is 13.1. The topological polar surface area (TPSA) is 80.3 Å². The molecule has 0 fully saturated rings.